The van der Waals surface area contributed by atoms with Gasteiger partial charge in [0.1, 0.15) is 0 Å². The van der Waals surface area contributed by atoms with Crippen molar-refractivity contribution in [2.75, 3.05) is 33.2 Å². The van der Waals surface area contributed by atoms with Crippen LogP contribution in [0.15, 0.2) is 0 Å². The Morgan fingerprint density at radius 2 is 2.07 bits per heavy atom. The van der Waals surface area contributed by atoms with Gasteiger partial charge in [0.2, 0.25) is 0 Å². The lowest BCUT2D eigenvalue weighted by Crippen LogP contribution is -2.43. The second kappa shape index (κ2) is 6.15. The molecule has 1 fully saturated rings. The summed E-state index contributed by atoms with van der Waals surface area (Å²) in [6.07, 6.45) is 10.6. The minimum atomic E-state index is 0.519. The van der Waals surface area contributed by atoms with E-state index in [4.69, 9.17) is 6.42 Å². The van der Waals surface area contributed by atoms with Crippen molar-refractivity contribution in [1.82, 2.24) is 10.2 Å². The molecule has 0 saturated carbocycles. The van der Waals surface area contributed by atoms with Crippen LogP contribution in [0.4, 0.5) is 0 Å². The van der Waals surface area contributed by atoms with Crippen LogP contribution in [0.3, 0.4) is 0 Å². The lowest BCUT2D eigenvalue weighted by molar-refractivity contribution is 0.123. The highest BCUT2D eigenvalue weighted by molar-refractivity contribution is 4.91. The van der Waals surface area contributed by atoms with Gasteiger partial charge in [-0.2, -0.15) is 0 Å². The second-order valence-electron chi connectivity index (χ2n) is 4.88. The summed E-state index contributed by atoms with van der Waals surface area (Å²) in [7, 11) is 2.14. The molecule has 0 aromatic heterocycles. The first-order valence-corrected chi connectivity index (χ1v) is 6.05. The van der Waals surface area contributed by atoms with Crippen molar-refractivity contribution in [3.63, 3.8) is 0 Å². The number of hydrogen-bond donors (Lipinski definition) is 1. The summed E-state index contributed by atoms with van der Waals surface area (Å²) in [5, 5.41) is 3.44. The quantitative estimate of drug-likeness (QED) is 0.692. The van der Waals surface area contributed by atoms with E-state index in [1.165, 1.54) is 38.8 Å². The predicted molar refractivity (Wildman–Crippen MR) is 65.8 cm³/mol. The fourth-order valence-electron chi connectivity index (χ4n) is 2.76. The monoisotopic (exact) mass is 208 g/mol. The Morgan fingerprint density at radius 1 is 1.40 bits per heavy atom. The number of piperidine rings is 1. The minimum Gasteiger partial charge on any atom is -0.317 e. The molecule has 1 heterocycles. The van der Waals surface area contributed by atoms with Crippen LogP contribution >= 0.6 is 0 Å². The highest BCUT2D eigenvalue weighted by Gasteiger charge is 2.31. The van der Waals surface area contributed by atoms with Crippen molar-refractivity contribution in [2.24, 2.45) is 5.41 Å². The third kappa shape index (κ3) is 3.85. The van der Waals surface area contributed by atoms with Gasteiger partial charge in [-0.05, 0) is 44.8 Å². The molecule has 2 nitrogen and oxygen atoms in total. The Hall–Kier alpha value is -0.520. The van der Waals surface area contributed by atoms with Crippen LogP contribution in [0.1, 0.15) is 32.6 Å². The molecule has 0 unspecified atom stereocenters. The molecule has 15 heavy (non-hydrogen) atoms. The largest absolute Gasteiger partial charge is 0.317 e. The molecule has 0 radical (unpaired) electrons. The molecule has 1 aliphatic heterocycles. The molecular weight excluding hydrogens is 184 g/mol. The topological polar surface area (TPSA) is 15.3 Å². The molecule has 1 saturated heterocycles. The summed E-state index contributed by atoms with van der Waals surface area (Å²) >= 11 is 0. The van der Waals surface area contributed by atoms with Gasteiger partial charge in [0.25, 0.3) is 0 Å². The maximum absolute atomic E-state index is 5.35. The highest BCUT2D eigenvalue weighted by atomic mass is 15.1. The summed E-state index contributed by atoms with van der Waals surface area (Å²) < 4.78 is 0. The van der Waals surface area contributed by atoms with Crippen LogP contribution in [0.5, 0.6) is 0 Å². The van der Waals surface area contributed by atoms with Crippen molar-refractivity contribution in [3.8, 4) is 12.3 Å². The Bertz CT molecular complexity index is 206. The van der Waals surface area contributed by atoms with Gasteiger partial charge >= 0.3 is 0 Å². The van der Waals surface area contributed by atoms with E-state index in [0.717, 1.165) is 13.1 Å². The normalized spacial score (nSPS) is 20.1. The lowest BCUT2D eigenvalue weighted by atomic mass is 9.75. The van der Waals surface area contributed by atoms with Gasteiger partial charge in [-0.1, -0.05) is 19.3 Å². The average molecular weight is 208 g/mol. The number of hydrogen-bond acceptors (Lipinski definition) is 2. The van der Waals surface area contributed by atoms with Gasteiger partial charge in [0.05, 0.1) is 6.54 Å². The molecule has 0 atom stereocenters. The molecule has 0 aliphatic carbocycles. The molecule has 0 amide bonds. The third-order valence-electron chi connectivity index (χ3n) is 3.41. The van der Waals surface area contributed by atoms with Crippen LogP contribution < -0.4 is 5.32 Å². The van der Waals surface area contributed by atoms with E-state index in [-0.39, 0.29) is 0 Å². The molecule has 1 rings (SSSR count). The predicted octanol–water partition coefficient (Wildman–Crippen LogP) is 1.72. The van der Waals surface area contributed by atoms with Gasteiger partial charge < -0.3 is 5.32 Å². The smallest absolute Gasteiger partial charge is 0.0596 e. The van der Waals surface area contributed by atoms with E-state index < -0.39 is 0 Å². The molecular formula is C13H24N2. The van der Waals surface area contributed by atoms with Gasteiger partial charge in [0, 0.05) is 6.54 Å². The maximum Gasteiger partial charge on any atom is 0.0596 e. The second-order valence-corrected chi connectivity index (χ2v) is 4.88. The molecule has 0 aromatic carbocycles. The minimum absolute atomic E-state index is 0.519. The highest BCUT2D eigenvalue weighted by Crippen LogP contribution is 2.34. The first kappa shape index (κ1) is 12.5. The van der Waals surface area contributed by atoms with E-state index in [2.05, 4.69) is 30.1 Å². The van der Waals surface area contributed by atoms with Gasteiger partial charge in [-0.15, -0.1) is 6.42 Å². The lowest BCUT2D eigenvalue weighted by Gasteiger charge is -2.40. The Labute approximate surface area is 94.4 Å². The van der Waals surface area contributed by atoms with E-state index in [0.29, 0.717) is 5.41 Å². The van der Waals surface area contributed by atoms with E-state index in [1.807, 2.05) is 0 Å². The molecule has 0 spiro atoms. The molecule has 1 N–H and O–H groups in total. The van der Waals surface area contributed by atoms with E-state index in [9.17, 15) is 0 Å². The number of rotatable bonds is 5. The molecule has 0 bridgehead atoms. The summed E-state index contributed by atoms with van der Waals surface area (Å²) in [5.41, 5.74) is 0.519. The maximum atomic E-state index is 5.35. The van der Waals surface area contributed by atoms with Crippen LogP contribution in [0, 0.1) is 17.8 Å². The number of terminal acetylenes is 1. The zero-order chi connectivity index (χ0) is 11.1. The number of nitrogens with zero attached hydrogens (tertiary/aromatic N) is 1. The third-order valence-corrected chi connectivity index (χ3v) is 3.41. The molecule has 0 aromatic rings. The molecule has 1 aliphatic rings. The Morgan fingerprint density at radius 3 is 2.60 bits per heavy atom. The van der Waals surface area contributed by atoms with Crippen molar-refractivity contribution in [2.45, 2.75) is 32.6 Å². The summed E-state index contributed by atoms with van der Waals surface area (Å²) in [5.74, 6) is 2.73. The van der Waals surface area contributed by atoms with Crippen molar-refractivity contribution in [1.29, 1.82) is 0 Å². The fourth-order valence-corrected chi connectivity index (χ4v) is 2.76. The summed E-state index contributed by atoms with van der Waals surface area (Å²) in [4.78, 5) is 2.29. The van der Waals surface area contributed by atoms with E-state index >= 15 is 0 Å². The van der Waals surface area contributed by atoms with Crippen LogP contribution in [0.25, 0.3) is 0 Å². The van der Waals surface area contributed by atoms with Crippen molar-refractivity contribution < 1.29 is 0 Å². The zero-order valence-electron chi connectivity index (χ0n) is 10.2. The van der Waals surface area contributed by atoms with Gasteiger partial charge in [-0.3, -0.25) is 4.90 Å². The summed E-state index contributed by atoms with van der Waals surface area (Å²) in [6.45, 7) is 6.56. The first-order valence-electron chi connectivity index (χ1n) is 6.05. The van der Waals surface area contributed by atoms with Crippen molar-refractivity contribution >= 4 is 0 Å². The molecule has 2 heteroatoms. The fraction of sp³-hybridized carbons (Fsp3) is 0.846. The van der Waals surface area contributed by atoms with Gasteiger partial charge in [-0.25, -0.2) is 0 Å². The standard InChI is InChI=1S/C13H24N2/c1-4-6-13(7-9-14-10-8-13)12-15(3)11-5-2/h2,14H,4,6-12H2,1,3H3. The van der Waals surface area contributed by atoms with Crippen LogP contribution in [0.2, 0.25) is 0 Å². The summed E-state index contributed by atoms with van der Waals surface area (Å²) in [6, 6.07) is 0. The van der Waals surface area contributed by atoms with Crippen LogP contribution in [-0.2, 0) is 0 Å². The molecule has 86 valence electrons. The SMILES string of the molecule is C#CCN(C)CC1(CCC)CCNCC1. The Balaban J connectivity index is 2.52. The van der Waals surface area contributed by atoms with Crippen molar-refractivity contribution in [3.05, 3.63) is 0 Å². The van der Waals surface area contributed by atoms with Crippen LogP contribution in [-0.4, -0.2) is 38.1 Å². The number of nitrogens with one attached hydrogen (secondary N) is 1. The average Bonchev–Trinajstić information content (AvgIpc) is 2.19. The van der Waals surface area contributed by atoms with Gasteiger partial charge in [0.15, 0.2) is 0 Å². The van der Waals surface area contributed by atoms with E-state index in [1.54, 1.807) is 0 Å². The Kier molecular flexibility index (Phi) is 5.14. The first-order chi connectivity index (χ1) is 7.22. The zero-order valence-corrected chi connectivity index (χ0v) is 10.2.